The van der Waals surface area contributed by atoms with Crippen molar-refractivity contribution in [2.45, 2.75) is 19.8 Å². The lowest BCUT2D eigenvalue weighted by Crippen LogP contribution is -2.15. The number of rotatable bonds is 6. The molecule has 9 heteroatoms. The molecule has 3 aromatic rings. The molecule has 0 saturated heterocycles. The van der Waals surface area contributed by atoms with Gasteiger partial charge < -0.3 is 23.4 Å². The summed E-state index contributed by atoms with van der Waals surface area (Å²) in [5.41, 5.74) is 1.90. The van der Waals surface area contributed by atoms with Gasteiger partial charge in [-0.15, -0.1) is 0 Å². The summed E-state index contributed by atoms with van der Waals surface area (Å²) in [6.07, 6.45) is 0. The van der Waals surface area contributed by atoms with E-state index in [1.807, 2.05) is 12.1 Å². The zero-order valence-corrected chi connectivity index (χ0v) is 15.5. The largest absolute Gasteiger partial charge is 0.467 e. The van der Waals surface area contributed by atoms with Crippen LogP contribution in [-0.4, -0.2) is 24.8 Å². The van der Waals surface area contributed by atoms with Crippen LogP contribution >= 0.6 is 0 Å². The van der Waals surface area contributed by atoms with Gasteiger partial charge in [0.15, 0.2) is 6.79 Å². The molecule has 1 aromatic heterocycles. The summed E-state index contributed by atoms with van der Waals surface area (Å²) in [5.74, 6) is -0.228. The third-order valence-corrected chi connectivity index (χ3v) is 4.51. The number of methoxy groups -OCH3 is 1. The van der Waals surface area contributed by atoms with Crippen LogP contribution in [-0.2, 0) is 34.0 Å². The number of benzene rings is 2. The van der Waals surface area contributed by atoms with Crippen LogP contribution < -0.4 is 4.74 Å². The van der Waals surface area contributed by atoms with Gasteiger partial charge in [-0.05, 0) is 6.07 Å². The van der Waals surface area contributed by atoms with Crippen LogP contribution in [0.3, 0.4) is 0 Å². The average molecular weight is 399 g/mol. The van der Waals surface area contributed by atoms with E-state index in [-0.39, 0.29) is 38.1 Å². The number of esters is 1. The van der Waals surface area contributed by atoms with E-state index in [4.69, 9.17) is 23.4 Å². The predicted octanol–water partition coefficient (Wildman–Crippen LogP) is 3.71. The summed E-state index contributed by atoms with van der Waals surface area (Å²) in [7, 11) is 1.52. The van der Waals surface area contributed by atoms with E-state index in [0.717, 1.165) is 5.39 Å². The van der Waals surface area contributed by atoms with Crippen molar-refractivity contribution in [3.05, 3.63) is 69.0 Å². The highest BCUT2D eigenvalue weighted by atomic mass is 16.7. The monoisotopic (exact) mass is 399 g/mol. The fourth-order valence-electron chi connectivity index (χ4n) is 3.25. The lowest BCUT2D eigenvalue weighted by molar-refractivity contribution is -0.385. The number of carbonyl (C=O) groups is 1. The molecule has 0 radical (unpaired) electrons. The van der Waals surface area contributed by atoms with Crippen molar-refractivity contribution in [2.75, 3.05) is 13.9 Å². The topological polar surface area (TPSA) is 110 Å². The normalized spacial score (nSPS) is 13.0. The Morgan fingerprint density at radius 2 is 2.07 bits per heavy atom. The SMILES string of the molecule is COCc1c(C(=O)OCc2cc([N+](=O)[O-])cc3c2OCOC3)oc2ccccc12. The second kappa shape index (κ2) is 7.90. The summed E-state index contributed by atoms with van der Waals surface area (Å²) in [5, 5.41) is 12.0. The Bertz CT molecular complexity index is 1090. The molecule has 0 bridgehead atoms. The van der Waals surface area contributed by atoms with Crippen LogP contribution in [0.5, 0.6) is 5.75 Å². The fourth-order valence-corrected chi connectivity index (χ4v) is 3.25. The molecule has 29 heavy (non-hydrogen) atoms. The lowest BCUT2D eigenvalue weighted by Gasteiger charge is -2.20. The Balaban J connectivity index is 1.62. The quantitative estimate of drug-likeness (QED) is 0.350. The number of furan rings is 1. The van der Waals surface area contributed by atoms with Crippen LogP contribution in [0.15, 0.2) is 40.8 Å². The van der Waals surface area contributed by atoms with Gasteiger partial charge >= 0.3 is 5.97 Å². The van der Waals surface area contributed by atoms with E-state index in [2.05, 4.69) is 0 Å². The van der Waals surface area contributed by atoms with Gasteiger partial charge in [-0.1, -0.05) is 18.2 Å². The molecule has 4 rings (SSSR count). The molecule has 1 aliphatic heterocycles. The van der Waals surface area contributed by atoms with E-state index in [1.54, 1.807) is 12.1 Å². The number of para-hydroxylation sites is 1. The van der Waals surface area contributed by atoms with Crippen molar-refractivity contribution in [2.24, 2.45) is 0 Å². The number of nitro benzene ring substituents is 1. The van der Waals surface area contributed by atoms with E-state index in [1.165, 1.54) is 19.2 Å². The number of hydrogen-bond donors (Lipinski definition) is 0. The molecule has 9 nitrogen and oxygen atoms in total. The van der Waals surface area contributed by atoms with Crippen LogP contribution in [0.25, 0.3) is 11.0 Å². The highest BCUT2D eigenvalue weighted by Gasteiger charge is 2.25. The summed E-state index contributed by atoms with van der Waals surface area (Å²) >= 11 is 0. The lowest BCUT2D eigenvalue weighted by atomic mass is 10.1. The molecule has 1 aliphatic rings. The van der Waals surface area contributed by atoms with Crippen LogP contribution in [0.1, 0.15) is 27.2 Å². The smallest absolute Gasteiger partial charge is 0.374 e. The summed E-state index contributed by atoms with van der Waals surface area (Å²) in [4.78, 5) is 23.4. The van der Waals surface area contributed by atoms with Gasteiger partial charge in [0.05, 0.1) is 18.1 Å². The minimum Gasteiger partial charge on any atom is -0.467 e. The average Bonchev–Trinajstić information content (AvgIpc) is 3.10. The third kappa shape index (κ3) is 3.65. The molecule has 0 fully saturated rings. The van der Waals surface area contributed by atoms with E-state index in [9.17, 15) is 14.9 Å². The number of nitro groups is 1. The Kier molecular flexibility index (Phi) is 5.15. The van der Waals surface area contributed by atoms with Gasteiger partial charge in [0, 0.05) is 41.3 Å². The molecule has 0 aliphatic carbocycles. The number of carbonyl (C=O) groups excluding carboxylic acids is 1. The molecular weight excluding hydrogens is 382 g/mol. The standard InChI is InChI=1S/C20H17NO8/c1-25-10-16-15-4-2-3-5-17(15)29-19(16)20(22)27-9-13-7-14(21(23)24)6-12-8-26-11-28-18(12)13/h2-7H,8-11H2,1H3. The van der Waals surface area contributed by atoms with Gasteiger partial charge in [0.25, 0.3) is 5.69 Å². The van der Waals surface area contributed by atoms with Crippen LogP contribution in [0.4, 0.5) is 5.69 Å². The van der Waals surface area contributed by atoms with E-state index < -0.39 is 10.9 Å². The molecular formula is C20H17NO8. The molecule has 0 amide bonds. The first-order valence-corrected chi connectivity index (χ1v) is 8.75. The Labute approximate surface area is 164 Å². The van der Waals surface area contributed by atoms with Gasteiger partial charge in [0.2, 0.25) is 5.76 Å². The minimum atomic E-state index is -0.694. The maximum Gasteiger partial charge on any atom is 0.374 e. The van der Waals surface area contributed by atoms with E-state index >= 15 is 0 Å². The molecule has 2 aromatic carbocycles. The fraction of sp³-hybridized carbons (Fsp3) is 0.250. The number of non-ortho nitro benzene ring substituents is 1. The Morgan fingerprint density at radius 1 is 1.24 bits per heavy atom. The van der Waals surface area contributed by atoms with Crippen LogP contribution in [0.2, 0.25) is 0 Å². The zero-order chi connectivity index (χ0) is 20.4. The van der Waals surface area contributed by atoms with Crippen molar-refractivity contribution in [3.8, 4) is 5.75 Å². The van der Waals surface area contributed by atoms with Gasteiger partial charge in [-0.3, -0.25) is 10.1 Å². The molecule has 0 atom stereocenters. The number of fused-ring (bicyclic) bond motifs is 2. The first-order chi connectivity index (χ1) is 14.1. The number of ether oxygens (including phenoxy) is 4. The Morgan fingerprint density at radius 3 is 2.86 bits per heavy atom. The van der Waals surface area contributed by atoms with Crippen molar-refractivity contribution in [1.82, 2.24) is 0 Å². The van der Waals surface area contributed by atoms with Gasteiger partial charge in [-0.2, -0.15) is 0 Å². The second-order valence-corrected chi connectivity index (χ2v) is 6.38. The summed E-state index contributed by atoms with van der Waals surface area (Å²) in [6.45, 7) is 0.160. The van der Waals surface area contributed by atoms with Gasteiger partial charge in [-0.25, -0.2) is 4.79 Å². The van der Waals surface area contributed by atoms with Crippen molar-refractivity contribution in [1.29, 1.82) is 0 Å². The first kappa shape index (κ1) is 18.9. The molecule has 0 saturated carbocycles. The second-order valence-electron chi connectivity index (χ2n) is 6.38. The highest BCUT2D eigenvalue weighted by Crippen LogP contribution is 2.34. The maximum atomic E-state index is 12.7. The highest BCUT2D eigenvalue weighted by molar-refractivity contribution is 5.96. The molecule has 0 spiro atoms. The van der Waals surface area contributed by atoms with Crippen LogP contribution in [0, 0.1) is 10.1 Å². The first-order valence-electron chi connectivity index (χ1n) is 8.75. The minimum absolute atomic E-state index is 0.0211. The zero-order valence-electron chi connectivity index (χ0n) is 15.5. The van der Waals surface area contributed by atoms with Crippen molar-refractivity contribution >= 4 is 22.6 Å². The number of hydrogen-bond acceptors (Lipinski definition) is 8. The molecule has 0 unspecified atom stereocenters. The van der Waals surface area contributed by atoms with Gasteiger partial charge in [0.1, 0.15) is 17.9 Å². The van der Waals surface area contributed by atoms with Crippen molar-refractivity contribution in [3.63, 3.8) is 0 Å². The molecule has 150 valence electrons. The van der Waals surface area contributed by atoms with Crippen molar-refractivity contribution < 1.29 is 33.1 Å². The molecule has 2 heterocycles. The molecule has 0 N–H and O–H groups in total. The maximum absolute atomic E-state index is 12.7. The van der Waals surface area contributed by atoms with E-state index in [0.29, 0.717) is 28.0 Å². The Hall–Kier alpha value is -3.43. The number of nitrogens with zero attached hydrogens (tertiary/aromatic N) is 1. The third-order valence-electron chi connectivity index (χ3n) is 4.51. The summed E-state index contributed by atoms with van der Waals surface area (Å²) in [6, 6.07) is 9.92. The predicted molar refractivity (Wildman–Crippen MR) is 99.4 cm³/mol. The summed E-state index contributed by atoms with van der Waals surface area (Å²) < 4.78 is 26.9.